The van der Waals surface area contributed by atoms with E-state index in [0.717, 1.165) is 37.9 Å². The molecule has 1 aliphatic carbocycles. The number of H-pyrrole nitrogens is 1. The van der Waals surface area contributed by atoms with Crippen LogP contribution in [0.4, 0.5) is 21.6 Å². The van der Waals surface area contributed by atoms with Gasteiger partial charge in [-0.15, -0.1) is 0 Å². The van der Waals surface area contributed by atoms with Crippen molar-refractivity contribution in [2.24, 2.45) is 0 Å². The van der Waals surface area contributed by atoms with Crippen LogP contribution in [-0.2, 0) is 13.0 Å². The summed E-state index contributed by atoms with van der Waals surface area (Å²) in [4.78, 5) is 57.1. The van der Waals surface area contributed by atoms with E-state index in [4.69, 9.17) is 0 Å². The Balaban J connectivity index is 1.06. The summed E-state index contributed by atoms with van der Waals surface area (Å²) < 4.78 is 18.5. The van der Waals surface area contributed by atoms with E-state index in [-0.39, 0.29) is 28.6 Å². The lowest BCUT2D eigenvalue weighted by Crippen LogP contribution is -2.52. The summed E-state index contributed by atoms with van der Waals surface area (Å²) in [5, 5.41) is 12.7. The quantitative estimate of drug-likeness (QED) is 0.202. The Kier molecular flexibility index (Phi) is 9.05. The average Bonchev–Trinajstić information content (AvgIpc) is 3.87. The highest BCUT2D eigenvalue weighted by atomic mass is 19.1. The van der Waals surface area contributed by atoms with Crippen molar-refractivity contribution < 1.29 is 14.3 Å². The van der Waals surface area contributed by atoms with Crippen molar-refractivity contribution in [3.8, 4) is 0 Å². The smallest absolute Gasteiger partial charge is 0.341 e. The van der Waals surface area contributed by atoms with Crippen LogP contribution in [0, 0.1) is 12.7 Å². The average molecular weight is 645 g/mol. The third-order valence-corrected chi connectivity index (χ3v) is 9.48. The van der Waals surface area contributed by atoms with Crippen LogP contribution in [0.15, 0.2) is 57.0 Å². The highest BCUT2D eigenvalue weighted by molar-refractivity contribution is 5.93. The van der Waals surface area contributed by atoms with Gasteiger partial charge in [0.1, 0.15) is 17.2 Å². The molecule has 2 fully saturated rings. The van der Waals surface area contributed by atoms with E-state index in [1.54, 1.807) is 6.07 Å². The van der Waals surface area contributed by atoms with Crippen molar-refractivity contribution in [3.63, 3.8) is 0 Å². The van der Waals surface area contributed by atoms with Gasteiger partial charge in [-0.05, 0) is 87.9 Å². The highest BCUT2D eigenvalue weighted by Gasteiger charge is 2.29. The number of hydrogen-bond acceptors (Lipinski definition) is 7. The van der Waals surface area contributed by atoms with Crippen LogP contribution >= 0.6 is 0 Å². The maximum Gasteiger partial charge on any atom is 0.341 e. The minimum absolute atomic E-state index is 0.0883. The highest BCUT2D eigenvalue weighted by Crippen LogP contribution is 2.38. The van der Waals surface area contributed by atoms with E-state index in [1.165, 1.54) is 34.0 Å². The molecule has 0 bridgehead atoms. The lowest BCUT2D eigenvalue weighted by atomic mass is 10.1. The zero-order valence-electron chi connectivity index (χ0n) is 27.0. The number of pyridine rings is 1. The number of rotatable bonds is 11. The minimum atomic E-state index is -1.31. The monoisotopic (exact) mass is 644 g/mol. The molecule has 2 aromatic heterocycles. The third-order valence-electron chi connectivity index (χ3n) is 9.48. The second-order valence-corrected chi connectivity index (χ2v) is 12.8. The molecule has 47 heavy (non-hydrogen) atoms. The van der Waals surface area contributed by atoms with E-state index in [9.17, 15) is 24.3 Å². The van der Waals surface area contributed by atoms with Crippen LogP contribution in [0.5, 0.6) is 0 Å². The van der Waals surface area contributed by atoms with Crippen LogP contribution in [-0.4, -0.2) is 62.3 Å². The number of aryl methyl sites for hydroxylation is 2. The molecule has 12 heteroatoms. The molecule has 2 aromatic carbocycles. The Morgan fingerprint density at radius 2 is 1.83 bits per heavy atom. The normalized spacial score (nSPS) is 16.9. The number of piperazine rings is 1. The van der Waals surface area contributed by atoms with E-state index in [1.807, 2.05) is 27.7 Å². The van der Waals surface area contributed by atoms with Crippen molar-refractivity contribution in [3.05, 3.63) is 96.2 Å². The Bertz CT molecular complexity index is 1980. The number of nitrogens with one attached hydrogen (secondary N) is 2. The largest absolute Gasteiger partial charge is 0.477 e. The van der Waals surface area contributed by atoms with E-state index < -0.39 is 22.9 Å². The van der Waals surface area contributed by atoms with Gasteiger partial charge in [-0.3, -0.25) is 24.0 Å². The summed E-state index contributed by atoms with van der Waals surface area (Å²) in [5.41, 5.74) is 2.35. The molecule has 0 unspecified atom stereocenters. The number of carboxylic acid groups (broad SMARTS) is 1. The van der Waals surface area contributed by atoms with Crippen LogP contribution in [0.25, 0.3) is 10.9 Å². The van der Waals surface area contributed by atoms with Gasteiger partial charge in [-0.2, -0.15) is 0 Å². The number of anilines is 3. The number of aromatic nitrogens is 3. The Morgan fingerprint density at radius 3 is 2.51 bits per heavy atom. The fourth-order valence-electron chi connectivity index (χ4n) is 6.62. The molecule has 3 N–H and O–H groups in total. The van der Waals surface area contributed by atoms with E-state index >= 15 is 4.39 Å². The summed E-state index contributed by atoms with van der Waals surface area (Å²) in [6.45, 7) is 9.17. The summed E-state index contributed by atoms with van der Waals surface area (Å²) >= 11 is 0. The van der Waals surface area contributed by atoms with Gasteiger partial charge < -0.3 is 19.9 Å². The first kappa shape index (κ1) is 32.2. The second kappa shape index (κ2) is 13.2. The van der Waals surface area contributed by atoms with E-state index in [0.29, 0.717) is 49.6 Å². The number of benzene rings is 2. The number of hydrogen-bond donors (Lipinski definition) is 3. The predicted molar refractivity (Wildman–Crippen MR) is 181 cm³/mol. The number of halogens is 1. The number of aromatic carboxylic acids is 1. The molecule has 2 aliphatic rings. The van der Waals surface area contributed by atoms with Gasteiger partial charge >= 0.3 is 11.7 Å². The van der Waals surface area contributed by atoms with Gasteiger partial charge in [0, 0.05) is 61.6 Å². The first-order valence-corrected chi connectivity index (χ1v) is 16.4. The lowest BCUT2D eigenvalue weighted by molar-refractivity contribution is 0.0694. The Labute approximate surface area is 271 Å². The van der Waals surface area contributed by atoms with Crippen LogP contribution in [0.2, 0.25) is 0 Å². The molecule has 0 radical (unpaired) electrons. The fraction of sp³-hybridized carbons (Fsp3) is 0.429. The molecule has 0 spiro atoms. The number of carbonyl (C=O) groups is 1. The van der Waals surface area contributed by atoms with E-state index in [2.05, 4.69) is 36.0 Å². The van der Waals surface area contributed by atoms with Crippen molar-refractivity contribution in [1.82, 2.24) is 19.0 Å². The Hall–Kier alpha value is -4.71. The minimum Gasteiger partial charge on any atom is -0.477 e. The molecular formula is C35H41FN6O5. The van der Waals surface area contributed by atoms with Crippen LogP contribution in [0.3, 0.4) is 0 Å². The third kappa shape index (κ3) is 6.73. The topological polar surface area (TPSA) is 133 Å². The molecule has 6 rings (SSSR count). The lowest BCUT2D eigenvalue weighted by Gasteiger charge is -2.41. The van der Waals surface area contributed by atoms with Gasteiger partial charge in [-0.1, -0.05) is 13.0 Å². The first-order chi connectivity index (χ1) is 22.5. The number of fused-ring (bicyclic) bond motifs is 1. The summed E-state index contributed by atoms with van der Waals surface area (Å²) in [5.74, 6) is -1.49. The number of carboxylic acids is 1. The molecular weight excluding hydrogens is 603 g/mol. The SMILES string of the molecule is CCc1cc(Nc2cc(=O)n(CCCCN3CCN(c4cc5c(cc4F)c(=O)c(C(=O)O)cn5C4CC4)C[C@H]3C)c(=O)[nH]2)ccc1C. The van der Waals surface area contributed by atoms with Crippen molar-refractivity contribution in [1.29, 1.82) is 0 Å². The number of aromatic amines is 1. The molecule has 248 valence electrons. The van der Waals surface area contributed by atoms with Crippen molar-refractivity contribution >= 4 is 34.1 Å². The van der Waals surface area contributed by atoms with Gasteiger partial charge in [0.25, 0.3) is 5.56 Å². The molecule has 4 aromatic rings. The molecule has 1 saturated heterocycles. The first-order valence-electron chi connectivity index (χ1n) is 16.4. The standard InChI is InChI=1S/C35H41FN6O5/c1-4-23-15-24(8-7-21(23)2)37-31-18-32(43)41(35(47)38-31)12-6-5-11-39-13-14-40(19-22(39)3)30-17-29-26(16-28(30)36)33(44)27(34(45)46)20-42(29)25-9-10-25/h7-8,15-18,20,22,25,37H,4-6,9-14,19H2,1-3H3,(H,38,47)(H,45,46)/t22-/m1/s1. The summed E-state index contributed by atoms with van der Waals surface area (Å²) in [6.07, 6.45) is 5.49. The molecule has 0 amide bonds. The van der Waals surface area contributed by atoms with Gasteiger partial charge in [0.15, 0.2) is 0 Å². The van der Waals surface area contributed by atoms with Gasteiger partial charge in [-0.25, -0.2) is 14.0 Å². The van der Waals surface area contributed by atoms with Gasteiger partial charge in [0.05, 0.1) is 11.2 Å². The fourth-order valence-corrected chi connectivity index (χ4v) is 6.62. The zero-order chi connectivity index (χ0) is 33.4. The zero-order valence-corrected chi connectivity index (χ0v) is 27.0. The number of unbranched alkanes of at least 4 members (excludes halogenated alkanes) is 1. The summed E-state index contributed by atoms with van der Waals surface area (Å²) in [6, 6.07) is 10.5. The van der Waals surface area contributed by atoms with Gasteiger partial charge in [0.2, 0.25) is 5.43 Å². The molecule has 1 atom stereocenters. The summed E-state index contributed by atoms with van der Waals surface area (Å²) in [7, 11) is 0. The maximum absolute atomic E-state index is 15.4. The van der Waals surface area contributed by atoms with Crippen molar-refractivity contribution in [2.45, 2.75) is 71.5 Å². The van der Waals surface area contributed by atoms with Crippen molar-refractivity contribution in [2.75, 3.05) is 36.4 Å². The Morgan fingerprint density at radius 1 is 1.06 bits per heavy atom. The van der Waals surface area contributed by atoms with Crippen LogP contribution in [0.1, 0.15) is 67.1 Å². The second-order valence-electron chi connectivity index (χ2n) is 12.8. The molecule has 3 heterocycles. The number of nitrogens with zero attached hydrogens (tertiary/aromatic N) is 4. The molecule has 1 aliphatic heterocycles. The maximum atomic E-state index is 15.4. The predicted octanol–water partition coefficient (Wildman–Crippen LogP) is 4.63. The molecule has 1 saturated carbocycles. The van der Waals surface area contributed by atoms with Crippen LogP contribution < -0.4 is 26.9 Å². The molecule has 11 nitrogen and oxygen atoms in total.